The molecule has 3 aromatic rings. The second kappa shape index (κ2) is 9.54. The molecule has 0 aliphatic carbocycles. The van der Waals surface area contributed by atoms with E-state index in [-0.39, 0.29) is 16.6 Å². The number of hydrogen-bond donors (Lipinski definition) is 1. The van der Waals surface area contributed by atoms with Crippen molar-refractivity contribution < 1.29 is 17.9 Å². The van der Waals surface area contributed by atoms with Gasteiger partial charge in [-0.2, -0.15) is 0 Å². The van der Waals surface area contributed by atoms with Crippen LogP contribution in [0.15, 0.2) is 77.7 Å². The predicted molar refractivity (Wildman–Crippen MR) is 130 cm³/mol. The van der Waals surface area contributed by atoms with E-state index in [1.54, 1.807) is 23.1 Å². The number of aryl methyl sites for hydroxylation is 1. The summed E-state index contributed by atoms with van der Waals surface area (Å²) in [7, 11) is -2.55. The number of para-hydroxylation sites is 1. The normalized spacial score (nSPS) is 14.1. The molecule has 0 spiro atoms. The van der Waals surface area contributed by atoms with Crippen LogP contribution in [0.3, 0.4) is 0 Å². The van der Waals surface area contributed by atoms with Gasteiger partial charge in [-0.05, 0) is 49.4 Å². The largest absolute Gasteiger partial charge is 0.495 e. The Morgan fingerprint density at radius 2 is 1.58 bits per heavy atom. The second-order valence-corrected chi connectivity index (χ2v) is 9.60. The molecule has 1 amide bonds. The maximum absolute atomic E-state index is 13.2. The SMILES string of the molecule is COc1ccc(C(=O)N2CCN(c3ccccc3)CC2)cc1S(=O)(=O)Nc1ccc(C)cc1. The van der Waals surface area contributed by atoms with Crippen LogP contribution < -0.4 is 14.4 Å². The lowest BCUT2D eigenvalue weighted by Gasteiger charge is -2.36. The fraction of sp³-hybridized carbons (Fsp3) is 0.240. The smallest absolute Gasteiger partial charge is 0.265 e. The fourth-order valence-electron chi connectivity index (χ4n) is 3.84. The van der Waals surface area contributed by atoms with Gasteiger partial charge in [0, 0.05) is 43.1 Å². The van der Waals surface area contributed by atoms with E-state index in [9.17, 15) is 13.2 Å². The molecule has 4 rings (SSSR count). The van der Waals surface area contributed by atoms with Gasteiger partial charge in [-0.15, -0.1) is 0 Å². The number of ether oxygens (including phenoxy) is 1. The first kappa shape index (κ1) is 22.7. The maximum Gasteiger partial charge on any atom is 0.265 e. The number of rotatable bonds is 6. The van der Waals surface area contributed by atoms with Gasteiger partial charge in [-0.1, -0.05) is 35.9 Å². The number of sulfonamides is 1. The van der Waals surface area contributed by atoms with Crippen molar-refractivity contribution in [3.63, 3.8) is 0 Å². The summed E-state index contributed by atoms with van der Waals surface area (Å²) in [6.45, 7) is 4.47. The number of carbonyl (C=O) groups is 1. The molecular weight excluding hydrogens is 438 g/mol. The summed E-state index contributed by atoms with van der Waals surface area (Å²) < 4.78 is 34.0. The summed E-state index contributed by atoms with van der Waals surface area (Å²) in [6.07, 6.45) is 0. The number of methoxy groups -OCH3 is 1. The van der Waals surface area contributed by atoms with Crippen LogP contribution in [-0.4, -0.2) is 52.5 Å². The highest BCUT2D eigenvalue weighted by Crippen LogP contribution is 2.28. The highest BCUT2D eigenvalue weighted by atomic mass is 32.2. The van der Waals surface area contributed by atoms with E-state index < -0.39 is 10.0 Å². The molecular formula is C25H27N3O4S. The van der Waals surface area contributed by atoms with Crippen LogP contribution in [0.5, 0.6) is 5.75 Å². The zero-order valence-corrected chi connectivity index (χ0v) is 19.5. The number of carbonyl (C=O) groups excluding carboxylic acids is 1. The molecule has 1 fully saturated rings. The van der Waals surface area contributed by atoms with Gasteiger partial charge in [-0.25, -0.2) is 8.42 Å². The van der Waals surface area contributed by atoms with Gasteiger partial charge in [0.2, 0.25) is 0 Å². The first-order valence-corrected chi connectivity index (χ1v) is 12.2. The third-order valence-corrected chi connectivity index (χ3v) is 7.09. The van der Waals surface area contributed by atoms with Crippen LogP contribution in [-0.2, 0) is 10.0 Å². The molecule has 0 saturated carbocycles. The van der Waals surface area contributed by atoms with E-state index >= 15 is 0 Å². The first-order valence-electron chi connectivity index (χ1n) is 10.7. The Balaban J connectivity index is 1.52. The molecule has 1 aliphatic heterocycles. The van der Waals surface area contributed by atoms with Crippen LogP contribution in [0.1, 0.15) is 15.9 Å². The van der Waals surface area contributed by atoms with Gasteiger partial charge in [0.1, 0.15) is 10.6 Å². The third kappa shape index (κ3) is 5.12. The minimum atomic E-state index is -3.95. The van der Waals surface area contributed by atoms with E-state index in [4.69, 9.17) is 4.74 Å². The minimum Gasteiger partial charge on any atom is -0.495 e. The van der Waals surface area contributed by atoms with Crippen molar-refractivity contribution in [2.75, 3.05) is 42.9 Å². The Labute approximate surface area is 194 Å². The van der Waals surface area contributed by atoms with E-state index in [1.165, 1.54) is 19.2 Å². The van der Waals surface area contributed by atoms with Crippen molar-refractivity contribution in [2.24, 2.45) is 0 Å². The average Bonchev–Trinajstić information content (AvgIpc) is 2.85. The van der Waals surface area contributed by atoms with Gasteiger partial charge in [0.25, 0.3) is 15.9 Å². The van der Waals surface area contributed by atoms with Gasteiger partial charge in [0.05, 0.1) is 7.11 Å². The topological polar surface area (TPSA) is 79.0 Å². The number of piperazine rings is 1. The van der Waals surface area contributed by atoms with E-state index in [2.05, 4.69) is 21.8 Å². The van der Waals surface area contributed by atoms with Gasteiger partial charge < -0.3 is 14.5 Å². The molecule has 7 nitrogen and oxygen atoms in total. The quantitative estimate of drug-likeness (QED) is 0.600. The number of anilines is 2. The summed E-state index contributed by atoms with van der Waals surface area (Å²) in [5.74, 6) is -0.0165. The molecule has 0 atom stereocenters. The summed E-state index contributed by atoms with van der Waals surface area (Å²) in [5.41, 5.74) is 2.91. The molecule has 0 bridgehead atoms. The Morgan fingerprint density at radius 1 is 0.909 bits per heavy atom. The molecule has 0 aromatic heterocycles. The zero-order valence-electron chi connectivity index (χ0n) is 18.7. The summed E-state index contributed by atoms with van der Waals surface area (Å²) >= 11 is 0. The van der Waals surface area contributed by atoms with Crippen molar-refractivity contribution in [3.05, 3.63) is 83.9 Å². The van der Waals surface area contributed by atoms with Crippen molar-refractivity contribution in [1.29, 1.82) is 0 Å². The average molecular weight is 466 g/mol. The first-order chi connectivity index (χ1) is 15.9. The zero-order chi connectivity index (χ0) is 23.4. The van der Waals surface area contributed by atoms with Crippen LogP contribution in [0, 0.1) is 6.92 Å². The maximum atomic E-state index is 13.2. The summed E-state index contributed by atoms with van der Waals surface area (Å²) in [6, 6.07) is 21.6. The molecule has 8 heteroatoms. The summed E-state index contributed by atoms with van der Waals surface area (Å²) in [5, 5.41) is 0. The van der Waals surface area contributed by atoms with Crippen molar-refractivity contribution in [1.82, 2.24) is 4.90 Å². The number of nitrogens with one attached hydrogen (secondary N) is 1. The van der Waals surface area contributed by atoms with Crippen LogP contribution in [0.4, 0.5) is 11.4 Å². The molecule has 0 radical (unpaired) electrons. The highest BCUT2D eigenvalue weighted by Gasteiger charge is 2.26. The van der Waals surface area contributed by atoms with E-state index in [1.807, 2.05) is 37.3 Å². The van der Waals surface area contributed by atoms with Gasteiger partial charge >= 0.3 is 0 Å². The molecule has 1 N–H and O–H groups in total. The van der Waals surface area contributed by atoms with Crippen molar-refractivity contribution in [3.8, 4) is 5.75 Å². The fourth-order valence-corrected chi connectivity index (χ4v) is 5.10. The van der Waals surface area contributed by atoms with Crippen molar-refractivity contribution >= 4 is 27.3 Å². The van der Waals surface area contributed by atoms with E-state index in [0.29, 0.717) is 37.4 Å². The molecule has 3 aromatic carbocycles. The molecule has 0 unspecified atom stereocenters. The molecule has 1 saturated heterocycles. The van der Waals surface area contributed by atoms with Gasteiger partial charge in [0.15, 0.2) is 0 Å². The van der Waals surface area contributed by atoms with Crippen LogP contribution >= 0.6 is 0 Å². The lowest BCUT2D eigenvalue weighted by molar-refractivity contribution is 0.0746. The van der Waals surface area contributed by atoms with Crippen molar-refractivity contribution in [2.45, 2.75) is 11.8 Å². The Hall–Kier alpha value is -3.52. The monoisotopic (exact) mass is 465 g/mol. The van der Waals surface area contributed by atoms with Gasteiger partial charge in [-0.3, -0.25) is 9.52 Å². The Kier molecular flexibility index (Phi) is 6.55. The standard InChI is InChI=1S/C25H27N3O4S/c1-19-8-11-21(12-9-19)26-33(30,31)24-18-20(10-13-23(24)32-2)25(29)28-16-14-27(15-17-28)22-6-4-3-5-7-22/h3-13,18,26H,14-17H2,1-2H3. The minimum absolute atomic E-state index is 0.0700. The van der Waals surface area contributed by atoms with Crippen LogP contribution in [0.2, 0.25) is 0 Å². The molecule has 1 aliphatic rings. The predicted octanol–water partition coefficient (Wildman–Crippen LogP) is 3.77. The molecule has 1 heterocycles. The number of amides is 1. The van der Waals surface area contributed by atoms with Crippen LogP contribution in [0.25, 0.3) is 0 Å². The highest BCUT2D eigenvalue weighted by molar-refractivity contribution is 7.92. The summed E-state index contributed by atoms with van der Waals surface area (Å²) in [4.78, 5) is 17.1. The Bertz CT molecular complexity index is 1220. The lowest BCUT2D eigenvalue weighted by atomic mass is 10.1. The number of nitrogens with zero attached hydrogens (tertiary/aromatic N) is 2. The third-order valence-electron chi connectivity index (χ3n) is 5.69. The van der Waals surface area contributed by atoms with E-state index in [0.717, 1.165) is 11.3 Å². The lowest BCUT2D eigenvalue weighted by Crippen LogP contribution is -2.48. The Morgan fingerprint density at radius 3 is 2.21 bits per heavy atom. The molecule has 33 heavy (non-hydrogen) atoms. The second-order valence-electron chi connectivity index (χ2n) is 7.95. The number of hydrogen-bond acceptors (Lipinski definition) is 5. The molecule has 172 valence electrons. The number of benzene rings is 3.